The summed E-state index contributed by atoms with van der Waals surface area (Å²) < 4.78 is 7.97. The van der Waals surface area contributed by atoms with Crippen LogP contribution >= 0.6 is 0 Å². The minimum Gasteiger partial charge on any atom is -0.376 e. The molecule has 3 aliphatic heterocycles. The number of anilines is 1. The monoisotopic (exact) mass is 465 g/mol. The van der Waals surface area contributed by atoms with Gasteiger partial charge in [0, 0.05) is 38.0 Å². The van der Waals surface area contributed by atoms with Crippen LogP contribution in [0.3, 0.4) is 0 Å². The fourth-order valence-electron chi connectivity index (χ4n) is 6.16. The van der Waals surface area contributed by atoms with Gasteiger partial charge in [0.1, 0.15) is 18.2 Å². The number of nitrogens with zero attached hydrogens (tertiary/aromatic N) is 4. The Hall–Kier alpha value is -2.49. The molecule has 34 heavy (non-hydrogen) atoms. The number of hydrogen-bond acceptors (Lipinski definition) is 7. The first-order valence-corrected chi connectivity index (χ1v) is 13.0. The molecule has 4 heterocycles. The zero-order valence-electron chi connectivity index (χ0n) is 19.7. The van der Waals surface area contributed by atoms with E-state index in [9.17, 15) is 4.79 Å². The summed E-state index contributed by atoms with van der Waals surface area (Å²) in [6.45, 7) is 1.44. The molecule has 9 nitrogen and oxygen atoms in total. The third-order valence-electron chi connectivity index (χ3n) is 7.85. The molecule has 5 atom stereocenters. The Morgan fingerprint density at radius 3 is 2.85 bits per heavy atom. The quantitative estimate of drug-likeness (QED) is 0.578. The van der Waals surface area contributed by atoms with E-state index in [0.717, 1.165) is 50.5 Å². The number of hydrazine groups is 1. The van der Waals surface area contributed by atoms with Crippen LogP contribution in [0.5, 0.6) is 0 Å². The van der Waals surface area contributed by atoms with E-state index >= 15 is 0 Å². The van der Waals surface area contributed by atoms with E-state index < -0.39 is 0 Å². The van der Waals surface area contributed by atoms with E-state index in [1.54, 1.807) is 0 Å². The van der Waals surface area contributed by atoms with Crippen molar-refractivity contribution in [3.63, 3.8) is 0 Å². The summed E-state index contributed by atoms with van der Waals surface area (Å²) in [5.74, 6) is 2.51. The Morgan fingerprint density at radius 1 is 1.12 bits per heavy atom. The van der Waals surface area contributed by atoms with Gasteiger partial charge in [-0.25, -0.2) is 5.43 Å². The predicted octanol–water partition coefficient (Wildman–Crippen LogP) is 2.58. The minimum atomic E-state index is 0.0630. The molecule has 3 fully saturated rings. The Kier molecular flexibility index (Phi) is 6.24. The summed E-state index contributed by atoms with van der Waals surface area (Å²) in [5.41, 5.74) is 4.88. The van der Waals surface area contributed by atoms with E-state index in [4.69, 9.17) is 4.74 Å². The topological polar surface area (TPSA) is 96.3 Å². The molecule has 0 radical (unpaired) electrons. The van der Waals surface area contributed by atoms with Crippen LogP contribution in [0.15, 0.2) is 30.3 Å². The van der Waals surface area contributed by atoms with Crippen LogP contribution in [0.4, 0.5) is 5.95 Å². The second-order valence-corrected chi connectivity index (χ2v) is 10.0. The molecule has 2 aromatic rings. The van der Waals surface area contributed by atoms with Crippen LogP contribution in [0.25, 0.3) is 0 Å². The van der Waals surface area contributed by atoms with Crippen molar-refractivity contribution in [3.05, 3.63) is 41.7 Å². The van der Waals surface area contributed by atoms with Gasteiger partial charge in [0.25, 0.3) is 0 Å². The fraction of sp³-hybridized carbons (Fsp3) is 0.640. The van der Waals surface area contributed by atoms with Gasteiger partial charge in [-0.3, -0.25) is 19.7 Å². The Labute approximate surface area is 200 Å². The van der Waals surface area contributed by atoms with Crippen LogP contribution in [-0.2, 0) is 16.0 Å². The first kappa shape index (κ1) is 22.0. The number of rotatable bonds is 7. The Balaban J connectivity index is 1.14. The molecule has 1 saturated carbocycles. The lowest BCUT2D eigenvalue weighted by atomic mass is 9.81. The standard InChI is InChI=1S/C25H35N7O2/c33-22(26-16-18-10-7-15-34-18)14-6-13-21-28-29-25-31(21)20-12-5-4-11-19(20)24-27-23(30-32(24)25)17-8-2-1-3-9-17/h1-3,8-9,18-20,23-24,27,30H,4-7,10-16H2,(H,26,33)/t18-,19?,20?,23?,24?/m0/s1. The largest absolute Gasteiger partial charge is 0.376 e. The molecule has 1 aromatic heterocycles. The number of aryl methyl sites for hydroxylation is 1. The molecule has 6 rings (SSSR count). The number of fused-ring (bicyclic) bond motifs is 6. The summed E-state index contributed by atoms with van der Waals surface area (Å²) >= 11 is 0. The van der Waals surface area contributed by atoms with E-state index in [1.165, 1.54) is 24.8 Å². The van der Waals surface area contributed by atoms with E-state index in [-0.39, 0.29) is 24.3 Å². The smallest absolute Gasteiger partial charge is 0.243 e. The zero-order chi connectivity index (χ0) is 22.9. The number of amides is 1. The van der Waals surface area contributed by atoms with Gasteiger partial charge in [-0.1, -0.05) is 43.2 Å². The molecule has 1 aliphatic carbocycles. The van der Waals surface area contributed by atoms with Crippen molar-refractivity contribution in [2.45, 2.75) is 82.3 Å². The number of carbonyl (C=O) groups is 1. The van der Waals surface area contributed by atoms with Crippen molar-refractivity contribution < 1.29 is 9.53 Å². The number of benzene rings is 1. The highest BCUT2D eigenvalue weighted by molar-refractivity contribution is 5.75. The van der Waals surface area contributed by atoms with Gasteiger partial charge >= 0.3 is 0 Å². The van der Waals surface area contributed by atoms with Crippen molar-refractivity contribution in [2.24, 2.45) is 5.92 Å². The Morgan fingerprint density at radius 2 is 2.00 bits per heavy atom. The SMILES string of the molecule is O=C(CCCc1nnc2n1C1CCCCC1C1NC(c3ccccc3)NN21)NC[C@@H]1CCCO1. The van der Waals surface area contributed by atoms with Gasteiger partial charge in [0.2, 0.25) is 11.9 Å². The number of aromatic nitrogens is 3. The molecule has 9 heteroatoms. The average Bonchev–Trinajstić information content (AvgIpc) is 3.63. The van der Waals surface area contributed by atoms with E-state index in [2.05, 4.69) is 66.2 Å². The highest BCUT2D eigenvalue weighted by atomic mass is 16.5. The van der Waals surface area contributed by atoms with Gasteiger partial charge in [-0.05, 0) is 37.7 Å². The number of hydrogen-bond donors (Lipinski definition) is 3. The average molecular weight is 466 g/mol. The van der Waals surface area contributed by atoms with Crippen molar-refractivity contribution in [3.8, 4) is 0 Å². The predicted molar refractivity (Wildman–Crippen MR) is 128 cm³/mol. The van der Waals surface area contributed by atoms with Gasteiger partial charge in [-0.2, -0.15) is 0 Å². The minimum absolute atomic E-state index is 0.0630. The lowest BCUT2D eigenvalue weighted by Gasteiger charge is -2.44. The summed E-state index contributed by atoms with van der Waals surface area (Å²) in [4.78, 5) is 12.3. The molecule has 182 valence electrons. The van der Waals surface area contributed by atoms with E-state index in [1.807, 2.05) is 0 Å². The summed E-state index contributed by atoms with van der Waals surface area (Å²) in [7, 11) is 0. The van der Waals surface area contributed by atoms with E-state index in [0.29, 0.717) is 24.9 Å². The maximum atomic E-state index is 12.3. The highest BCUT2D eigenvalue weighted by Crippen LogP contribution is 2.45. The molecule has 2 saturated heterocycles. The number of ether oxygens (including phenoxy) is 1. The molecular weight excluding hydrogens is 430 g/mol. The van der Waals surface area contributed by atoms with Crippen molar-refractivity contribution >= 4 is 11.9 Å². The molecule has 3 N–H and O–H groups in total. The fourth-order valence-corrected chi connectivity index (χ4v) is 6.16. The second-order valence-electron chi connectivity index (χ2n) is 10.0. The number of nitrogens with one attached hydrogen (secondary N) is 3. The Bertz CT molecular complexity index is 990. The van der Waals surface area contributed by atoms with Gasteiger partial charge in [0.15, 0.2) is 0 Å². The van der Waals surface area contributed by atoms with Crippen molar-refractivity contribution in [1.82, 2.24) is 30.8 Å². The first-order valence-electron chi connectivity index (χ1n) is 13.0. The van der Waals surface area contributed by atoms with Crippen LogP contribution in [0.2, 0.25) is 0 Å². The summed E-state index contributed by atoms with van der Waals surface area (Å²) in [5, 5.41) is 18.3. The van der Waals surface area contributed by atoms with Crippen molar-refractivity contribution in [1.29, 1.82) is 0 Å². The van der Waals surface area contributed by atoms with Crippen molar-refractivity contribution in [2.75, 3.05) is 18.2 Å². The van der Waals surface area contributed by atoms with Crippen LogP contribution in [0, 0.1) is 5.92 Å². The van der Waals surface area contributed by atoms with Gasteiger partial charge < -0.3 is 10.1 Å². The maximum Gasteiger partial charge on any atom is 0.243 e. The van der Waals surface area contributed by atoms with Crippen LogP contribution in [0.1, 0.15) is 75.0 Å². The molecule has 4 unspecified atom stereocenters. The lowest BCUT2D eigenvalue weighted by molar-refractivity contribution is -0.121. The highest BCUT2D eigenvalue weighted by Gasteiger charge is 2.48. The first-order chi connectivity index (χ1) is 16.8. The molecule has 0 spiro atoms. The molecule has 1 aromatic carbocycles. The molecule has 4 aliphatic rings. The normalized spacial score (nSPS) is 30.0. The van der Waals surface area contributed by atoms with Gasteiger partial charge in [-0.15, -0.1) is 10.2 Å². The van der Waals surface area contributed by atoms with Gasteiger partial charge in [0.05, 0.1) is 6.10 Å². The third kappa shape index (κ3) is 4.21. The third-order valence-corrected chi connectivity index (χ3v) is 7.85. The van der Waals surface area contributed by atoms with Crippen LogP contribution in [-0.4, -0.2) is 46.1 Å². The molecule has 0 bridgehead atoms. The lowest BCUT2D eigenvalue weighted by Crippen LogP contribution is -2.53. The number of carbonyl (C=O) groups excluding carboxylic acids is 1. The molecule has 1 amide bonds. The summed E-state index contributed by atoms with van der Waals surface area (Å²) in [6, 6.07) is 10.9. The van der Waals surface area contributed by atoms with Crippen LogP contribution < -0.4 is 21.1 Å². The molecular formula is C25H35N7O2. The zero-order valence-corrected chi connectivity index (χ0v) is 19.7. The maximum absolute atomic E-state index is 12.3. The summed E-state index contributed by atoms with van der Waals surface area (Å²) in [6.07, 6.45) is 9.50. The second kappa shape index (κ2) is 9.64.